The Bertz CT molecular complexity index is 690. The van der Waals surface area contributed by atoms with Gasteiger partial charge in [0.1, 0.15) is 5.75 Å². The Morgan fingerprint density at radius 2 is 2.00 bits per heavy atom. The van der Waals surface area contributed by atoms with Crippen LogP contribution < -0.4 is 15.6 Å². The van der Waals surface area contributed by atoms with Gasteiger partial charge in [0, 0.05) is 24.7 Å². The van der Waals surface area contributed by atoms with Crippen LogP contribution in [0.3, 0.4) is 0 Å². The second-order valence-corrected chi connectivity index (χ2v) is 5.09. The van der Waals surface area contributed by atoms with E-state index in [1.807, 2.05) is 44.2 Å². The van der Waals surface area contributed by atoms with Crippen LogP contribution in [0.5, 0.6) is 5.75 Å². The van der Waals surface area contributed by atoms with Gasteiger partial charge in [0.05, 0.1) is 12.8 Å². The number of ether oxygens (including phenoxy) is 1. The minimum absolute atomic E-state index is 0.0250. The predicted molar refractivity (Wildman–Crippen MR) is 85.8 cm³/mol. The summed E-state index contributed by atoms with van der Waals surface area (Å²) in [5.41, 5.74) is 3.73. The minimum atomic E-state index is 0.0250. The molecule has 1 aromatic heterocycles. The van der Waals surface area contributed by atoms with Crippen molar-refractivity contribution in [1.29, 1.82) is 0 Å². The maximum absolute atomic E-state index is 12.4. The van der Waals surface area contributed by atoms with Crippen LogP contribution in [0, 0.1) is 6.92 Å². The summed E-state index contributed by atoms with van der Waals surface area (Å²) in [6.07, 6.45) is 0. The van der Waals surface area contributed by atoms with Gasteiger partial charge in [-0.2, -0.15) is 0 Å². The fraction of sp³-hybridized carbons (Fsp3) is 0.353. The summed E-state index contributed by atoms with van der Waals surface area (Å²) < 4.78 is 7.10. The van der Waals surface area contributed by atoms with Gasteiger partial charge in [-0.25, -0.2) is 0 Å². The lowest BCUT2D eigenvalue weighted by Gasteiger charge is -2.14. The third-order valence-corrected chi connectivity index (χ3v) is 3.58. The van der Waals surface area contributed by atoms with E-state index in [1.165, 1.54) is 0 Å². The van der Waals surface area contributed by atoms with E-state index in [0.717, 1.165) is 34.7 Å². The molecule has 2 aromatic rings. The summed E-state index contributed by atoms with van der Waals surface area (Å²) in [5.74, 6) is 0.773. The standard InChI is InChI=1S/C17H22N2O2/c1-5-18-11-13-7-8-15(19(3)17(13)20)14-10-12(2)6-9-16(14)21-4/h6-10,18H,5,11H2,1-4H3. The maximum atomic E-state index is 12.4. The van der Waals surface area contributed by atoms with Crippen LogP contribution in [-0.2, 0) is 13.6 Å². The lowest BCUT2D eigenvalue weighted by atomic mass is 10.1. The molecule has 0 atom stereocenters. The number of hydrogen-bond acceptors (Lipinski definition) is 3. The molecule has 1 heterocycles. The van der Waals surface area contributed by atoms with Crippen molar-refractivity contribution in [2.24, 2.45) is 7.05 Å². The largest absolute Gasteiger partial charge is 0.496 e. The lowest BCUT2D eigenvalue weighted by Crippen LogP contribution is -2.26. The zero-order chi connectivity index (χ0) is 15.4. The van der Waals surface area contributed by atoms with Crippen molar-refractivity contribution in [3.05, 3.63) is 51.8 Å². The molecule has 0 spiro atoms. The number of benzene rings is 1. The van der Waals surface area contributed by atoms with Gasteiger partial charge in [0.2, 0.25) is 0 Å². The monoisotopic (exact) mass is 286 g/mol. The molecule has 0 unspecified atom stereocenters. The molecule has 2 rings (SSSR count). The number of hydrogen-bond donors (Lipinski definition) is 1. The number of rotatable bonds is 5. The van der Waals surface area contributed by atoms with Crippen molar-refractivity contribution in [3.8, 4) is 17.0 Å². The van der Waals surface area contributed by atoms with Gasteiger partial charge in [-0.05, 0) is 31.7 Å². The number of nitrogens with zero attached hydrogens (tertiary/aromatic N) is 1. The van der Waals surface area contributed by atoms with Crippen molar-refractivity contribution in [1.82, 2.24) is 9.88 Å². The Kier molecular flexibility index (Phi) is 4.81. The Labute approximate surface area is 125 Å². The second-order valence-electron chi connectivity index (χ2n) is 5.09. The zero-order valence-corrected chi connectivity index (χ0v) is 13.1. The SMILES string of the molecule is CCNCc1ccc(-c2cc(C)ccc2OC)n(C)c1=O. The minimum Gasteiger partial charge on any atom is -0.496 e. The molecule has 0 aliphatic heterocycles. The highest BCUT2D eigenvalue weighted by molar-refractivity contribution is 5.68. The molecule has 0 aliphatic carbocycles. The van der Waals surface area contributed by atoms with Crippen LogP contribution in [0.4, 0.5) is 0 Å². The smallest absolute Gasteiger partial charge is 0.255 e. The summed E-state index contributed by atoms with van der Waals surface area (Å²) in [6, 6.07) is 9.84. The van der Waals surface area contributed by atoms with E-state index in [9.17, 15) is 4.79 Å². The highest BCUT2D eigenvalue weighted by Gasteiger charge is 2.11. The molecule has 1 aromatic carbocycles. The Morgan fingerprint density at radius 3 is 2.67 bits per heavy atom. The third kappa shape index (κ3) is 3.16. The first-order chi connectivity index (χ1) is 10.1. The number of methoxy groups -OCH3 is 1. The van der Waals surface area contributed by atoms with Crippen LogP contribution in [0.15, 0.2) is 35.1 Å². The third-order valence-electron chi connectivity index (χ3n) is 3.58. The van der Waals surface area contributed by atoms with E-state index in [-0.39, 0.29) is 5.56 Å². The molecular weight excluding hydrogens is 264 g/mol. The van der Waals surface area contributed by atoms with Crippen molar-refractivity contribution in [2.75, 3.05) is 13.7 Å². The van der Waals surface area contributed by atoms with Gasteiger partial charge in [0.15, 0.2) is 0 Å². The summed E-state index contributed by atoms with van der Waals surface area (Å²) in [4.78, 5) is 12.4. The summed E-state index contributed by atoms with van der Waals surface area (Å²) >= 11 is 0. The van der Waals surface area contributed by atoms with E-state index in [0.29, 0.717) is 6.54 Å². The van der Waals surface area contributed by atoms with Gasteiger partial charge >= 0.3 is 0 Å². The molecule has 112 valence electrons. The molecule has 4 heteroatoms. The van der Waals surface area contributed by atoms with Gasteiger partial charge < -0.3 is 14.6 Å². The molecule has 1 N–H and O–H groups in total. The zero-order valence-electron chi connectivity index (χ0n) is 13.1. The van der Waals surface area contributed by atoms with E-state index in [4.69, 9.17) is 4.74 Å². The molecule has 0 bridgehead atoms. The molecular formula is C17H22N2O2. The van der Waals surface area contributed by atoms with Crippen LogP contribution in [0.1, 0.15) is 18.1 Å². The summed E-state index contributed by atoms with van der Waals surface area (Å²) in [5, 5.41) is 3.19. The number of aryl methyl sites for hydroxylation is 1. The first kappa shape index (κ1) is 15.3. The Hall–Kier alpha value is -2.07. The summed E-state index contributed by atoms with van der Waals surface area (Å²) in [6.45, 7) is 5.49. The fourth-order valence-electron chi connectivity index (χ4n) is 2.37. The quantitative estimate of drug-likeness (QED) is 0.918. The van der Waals surface area contributed by atoms with Crippen molar-refractivity contribution < 1.29 is 4.74 Å². The first-order valence-corrected chi connectivity index (χ1v) is 7.13. The van der Waals surface area contributed by atoms with E-state index >= 15 is 0 Å². The number of pyridine rings is 1. The lowest BCUT2D eigenvalue weighted by molar-refractivity contribution is 0.416. The van der Waals surface area contributed by atoms with E-state index in [2.05, 4.69) is 5.32 Å². The first-order valence-electron chi connectivity index (χ1n) is 7.13. The highest BCUT2D eigenvalue weighted by Crippen LogP contribution is 2.29. The molecule has 0 saturated heterocycles. The molecule has 21 heavy (non-hydrogen) atoms. The van der Waals surface area contributed by atoms with Crippen LogP contribution in [0.25, 0.3) is 11.3 Å². The number of nitrogens with one attached hydrogen (secondary N) is 1. The average molecular weight is 286 g/mol. The number of aromatic nitrogens is 1. The van der Waals surface area contributed by atoms with E-state index in [1.54, 1.807) is 18.7 Å². The van der Waals surface area contributed by atoms with Crippen LogP contribution >= 0.6 is 0 Å². The van der Waals surface area contributed by atoms with Gasteiger partial charge in [-0.1, -0.05) is 24.6 Å². The summed E-state index contributed by atoms with van der Waals surface area (Å²) in [7, 11) is 3.45. The fourth-order valence-corrected chi connectivity index (χ4v) is 2.37. The van der Waals surface area contributed by atoms with E-state index < -0.39 is 0 Å². The average Bonchev–Trinajstić information content (AvgIpc) is 2.49. The Morgan fingerprint density at radius 1 is 1.24 bits per heavy atom. The Balaban J connectivity index is 2.53. The van der Waals surface area contributed by atoms with Crippen molar-refractivity contribution in [2.45, 2.75) is 20.4 Å². The predicted octanol–water partition coefficient (Wildman–Crippen LogP) is 2.48. The van der Waals surface area contributed by atoms with Gasteiger partial charge in [-0.3, -0.25) is 4.79 Å². The topological polar surface area (TPSA) is 43.3 Å². The maximum Gasteiger partial charge on any atom is 0.255 e. The van der Waals surface area contributed by atoms with Gasteiger partial charge in [-0.15, -0.1) is 0 Å². The molecule has 0 aliphatic rings. The molecule has 0 amide bonds. The van der Waals surface area contributed by atoms with Crippen molar-refractivity contribution in [3.63, 3.8) is 0 Å². The normalized spacial score (nSPS) is 10.7. The van der Waals surface area contributed by atoms with Crippen molar-refractivity contribution >= 4 is 0 Å². The van der Waals surface area contributed by atoms with Crippen LogP contribution in [-0.4, -0.2) is 18.2 Å². The van der Waals surface area contributed by atoms with Crippen LogP contribution in [0.2, 0.25) is 0 Å². The molecule has 0 saturated carbocycles. The molecule has 4 nitrogen and oxygen atoms in total. The molecule has 0 fully saturated rings. The van der Waals surface area contributed by atoms with Gasteiger partial charge in [0.25, 0.3) is 5.56 Å². The molecule has 0 radical (unpaired) electrons. The highest BCUT2D eigenvalue weighted by atomic mass is 16.5. The second kappa shape index (κ2) is 6.59.